The zero-order valence-electron chi connectivity index (χ0n) is 19.2. The second kappa shape index (κ2) is 9.19. The van der Waals surface area contributed by atoms with E-state index in [0.717, 1.165) is 17.1 Å². The van der Waals surface area contributed by atoms with E-state index in [2.05, 4.69) is 10.3 Å². The summed E-state index contributed by atoms with van der Waals surface area (Å²) in [5, 5.41) is 15.5. The van der Waals surface area contributed by atoms with Crippen LogP contribution in [0.25, 0.3) is 11.3 Å². The van der Waals surface area contributed by atoms with Crippen molar-refractivity contribution in [2.45, 2.75) is 12.1 Å². The van der Waals surface area contributed by atoms with E-state index in [0.29, 0.717) is 22.2 Å². The molecule has 0 radical (unpaired) electrons. The number of pyridine rings is 1. The van der Waals surface area contributed by atoms with Crippen LogP contribution in [0.1, 0.15) is 23.5 Å². The maximum Gasteiger partial charge on any atom is 0.280 e. The highest BCUT2D eigenvalue weighted by Crippen LogP contribution is 2.43. The number of furan rings is 1. The first kappa shape index (κ1) is 22.5. The fourth-order valence-corrected chi connectivity index (χ4v) is 4.68. The molecule has 35 heavy (non-hydrogen) atoms. The fourth-order valence-electron chi connectivity index (χ4n) is 4.33. The number of hydrogen-bond donors (Lipinski definition) is 1. The van der Waals surface area contributed by atoms with Crippen LogP contribution >= 0.6 is 12.2 Å². The minimum absolute atomic E-state index is 0.00845. The summed E-state index contributed by atoms with van der Waals surface area (Å²) in [7, 11) is 3.98. The predicted molar refractivity (Wildman–Crippen MR) is 139 cm³/mol. The Kier molecular flexibility index (Phi) is 5.92. The van der Waals surface area contributed by atoms with E-state index in [1.165, 1.54) is 6.07 Å². The lowest BCUT2D eigenvalue weighted by Crippen LogP contribution is -2.29. The molecule has 2 aromatic heterocycles. The number of hydrogen-bond acceptors (Lipinski definition) is 6. The van der Waals surface area contributed by atoms with Gasteiger partial charge in [-0.2, -0.15) is 0 Å². The minimum Gasteiger partial charge on any atom is -0.459 e. The Balaban J connectivity index is 1.60. The summed E-state index contributed by atoms with van der Waals surface area (Å²) in [5.74, 6) is 1.05. The van der Waals surface area contributed by atoms with Crippen LogP contribution in [0, 0.1) is 10.1 Å². The molecule has 0 aliphatic carbocycles. The topological polar surface area (TPSA) is 87.7 Å². The van der Waals surface area contributed by atoms with Crippen molar-refractivity contribution in [3.63, 3.8) is 0 Å². The van der Waals surface area contributed by atoms with Gasteiger partial charge in [0.05, 0.1) is 22.2 Å². The average molecular weight is 486 g/mol. The molecule has 0 saturated carbocycles. The number of nitrogens with zero attached hydrogens (tertiary/aromatic N) is 4. The number of thiocarbonyl (C=S) groups is 1. The first-order valence-corrected chi connectivity index (χ1v) is 11.5. The molecule has 1 N–H and O–H groups in total. The smallest absolute Gasteiger partial charge is 0.280 e. The Morgan fingerprint density at radius 2 is 1.77 bits per heavy atom. The minimum atomic E-state index is -0.404. The highest BCUT2D eigenvalue weighted by Gasteiger charge is 2.42. The molecule has 1 fully saturated rings. The van der Waals surface area contributed by atoms with Crippen LogP contribution in [0.15, 0.2) is 89.5 Å². The Hall–Kier alpha value is -4.24. The molecule has 0 unspecified atom stereocenters. The van der Waals surface area contributed by atoms with E-state index in [1.54, 1.807) is 30.5 Å². The van der Waals surface area contributed by atoms with Gasteiger partial charge in [-0.25, -0.2) is 0 Å². The number of rotatable bonds is 6. The van der Waals surface area contributed by atoms with Gasteiger partial charge in [-0.3, -0.25) is 15.1 Å². The van der Waals surface area contributed by atoms with Gasteiger partial charge in [0.2, 0.25) is 0 Å². The standard InChI is InChI=1S/C26H23N5O3S/c1-29(2)17-10-12-18(13-11-17)30-25(24(28-26(30)35)20-8-5-6-16-27-20)23-15-14-22(34-23)19-7-3-4-9-21(19)31(32)33/h3-16,24-25H,1-2H3,(H,28,35)/t24-,25-/m1/s1. The number of nitrogens with one attached hydrogen (secondary N) is 1. The zero-order valence-corrected chi connectivity index (χ0v) is 20.0. The van der Waals surface area contributed by atoms with Crippen LogP contribution in [0.4, 0.5) is 17.1 Å². The molecule has 1 aliphatic rings. The van der Waals surface area contributed by atoms with E-state index in [-0.39, 0.29) is 17.8 Å². The SMILES string of the molecule is CN(C)c1ccc(N2C(=S)N[C@H](c3ccccn3)[C@H]2c2ccc(-c3ccccc3[N+](=O)[O-])o2)cc1. The van der Waals surface area contributed by atoms with Gasteiger partial charge in [0, 0.05) is 37.7 Å². The van der Waals surface area contributed by atoms with Crippen molar-refractivity contribution in [2.75, 3.05) is 23.9 Å². The second-order valence-electron chi connectivity index (χ2n) is 8.38. The van der Waals surface area contributed by atoms with Gasteiger partial charge in [-0.05, 0) is 66.8 Å². The maximum atomic E-state index is 11.6. The van der Waals surface area contributed by atoms with Crippen LogP contribution < -0.4 is 15.1 Å². The number of anilines is 2. The Morgan fingerprint density at radius 3 is 2.46 bits per heavy atom. The fraction of sp³-hybridized carbons (Fsp3) is 0.154. The molecule has 8 nitrogen and oxygen atoms in total. The van der Waals surface area contributed by atoms with E-state index in [4.69, 9.17) is 16.6 Å². The lowest BCUT2D eigenvalue weighted by Gasteiger charge is -2.26. The summed E-state index contributed by atoms with van der Waals surface area (Å²) in [6, 6.07) is 23.4. The van der Waals surface area contributed by atoms with Crippen molar-refractivity contribution < 1.29 is 9.34 Å². The highest BCUT2D eigenvalue weighted by atomic mass is 32.1. The van der Waals surface area contributed by atoms with Crippen molar-refractivity contribution in [3.8, 4) is 11.3 Å². The van der Waals surface area contributed by atoms with E-state index in [9.17, 15) is 10.1 Å². The summed E-state index contributed by atoms with van der Waals surface area (Å²) in [6.45, 7) is 0. The van der Waals surface area contributed by atoms with Crippen molar-refractivity contribution >= 4 is 34.4 Å². The van der Waals surface area contributed by atoms with Gasteiger partial charge in [0.1, 0.15) is 17.6 Å². The lowest BCUT2D eigenvalue weighted by atomic mass is 10.0. The molecular weight excluding hydrogens is 462 g/mol. The number of nitro benzene ring substituents is 1. The average Bonchev–Trinajstić information content (AvgIpc) is 3.49. The van der Waals surface area contributed by atoms with E-state index >= 15 is 0 Å². The van der Waals surface area contributed by atoms with Crippen LogP contribution in [0.2, 0.25) is 0 Å². The number of para-hydroxylation sites is 1. The maximum absolute atomic E-state index is 11.6. The molecule has 2 atom stereocenters. The van der Waals surface area contributed by atoms with Crippen molar-refractivity contribution in [2.24, 2.45) is 0 Å². The van der Waals surface area contributed by atoms with Crippen LogP contribution in [0.3, 0.4) is 0 Å². The molecule has 0 amide bonds. The van der Waals surface area contributed by atoms with Gasteiger partial charge in [0.25, 0.3) is 5.69 Å². The molecule has 176 valence electrons. The normalized spacial score (nSPS) is 17.3. The molecule has 2 aromatic carbocycles. The highest BCUT2D eigenvalue weighted by molar-refractivity contribution is 7.80. The van der Waals surface area contributed by atoms with Crippen LogP contribution in [-0.2, 0) is 0 Å². The van der Waals surface area contributed by atoms with Gasteiger partial charge in [-0.1, -0.05) is 18.2 Å². The quantitative estimate of drug-likeness (QED) is 0.218. The third kappa shape index (κ3) is 4.22. The molecule has 0 bridgehead atoms. The largest absolute Gasteiger partial charge is 0.459 e. The molecule has 9 heteroatoms. The Labute approximate surface area is 208 Å². The number of nitro groups is 1. The number of benzene rings is 2. The third-order valence-corrected chi connectivity index (χ3v) is 6.34. The van der Waals surface area contributed by atoms with Crippen molar-refractivity contribution in [1.29, 1.82) is 0 Å². The van der Waals surface area contributed by atoms with Gasteiger partial charge < -0.3 is 19.5 Å². The molecule has 1 aliphatic heterocycles. The first-order valence-electron chi connectivity index (χ1n) is 11.1. The summed E-state index contributed by atoms with van der Waals surface area (Å²) in [5.41, 5.74) is 3.21. The number of aromatic nitrogens is 1. The van der Waals surface area contributed by atoms with Gasteiger partial charge >= 0.3 is 0 Å². The third-order valence-electron chi connectivity index (χ3n) is 6.03. The van der Waals surface area contributed by atoms with Crippen molar-refractivity contribution in [3.05, 3.63) is 107 Å². The molecule has 3 heterocycles. The van der Waals surface area contributed by atoms with Gasteiger partial charge in [0.15, 0.2) is 5.11 Å². The summed E-state index contributed by atoms with van der Waals surface area (Å²) in [4.78, 5) is 19.8. The first-order chi connectivity index (χ1) is 16.9. The lowest BCUT2D eigenvalue weighted by molar-refractivity contribution is -0.384. The van der Waals surface area contributed by atoms with Crippen molar-refractivity contribution in [1.82, 2.24) is 10.3 Å². The summed E-state index contributed by atoms with van der Waals surface area (Å²) >= 11 is 5.76. The zero-order chi connectivity index (χ0) is 24.5. The molecular formula is C26H23N5O3S. The monoisotopic (exact) mass is 485 g/mol. The predicted octanol–water partition coefficient (Wildman–Crippen LogP) is 5.49. The second-order valence-corrected chi connectivity index (χ2v) is 8.77. The van der Waals surface area contributed by atoms with Crippen LogP contribution in [-0.4, -0.2) is 29.1 Å². The van der Waals surface area contributed by atoms with Gasteiger partial charge in [-0.15, -0.1) is 0 Å². The Bertz CT molecular complexity index is 1370. The summed E-state index contributed by atoms with van der Waals surface area (Å²) in [6.07, 6.45) is 1.74. The Morgan fingerprint density at radius 1 is 1.03 bits per heavy atom. The molecule has 0 spiro atoms. The van der Waals surface area contributed by atoms with Crippen LogP contribution in [0.5, 0.6) is 0 Å². The van der Waals surface area contributed by atoms with E-state index < -0.39 is 4.92 Å². The summed E-state index contributed by atoms with van der Waals surface area (Å²) < 4.78 is 6.28. The van der Waals surface area contributed by atoms with E-state index in [1.807, 2.05) is 72.4 Å². The molecule has 5 rings (SSSR count). The molecule has 4 aromatic rings. The molecule has 1 saturated heterocycles.